The first-order valence-electron chi connectivity index (χ1n) is 9.81. The average molecular weight is 668 g/mol. The van der Waals surface area contributed by atoms with Crippen LogP contribution >= 0.6 is 70.5 Å². The molecular formula is C23H18Br3N5S2. The SMILES string of the molecule is Brc1ccc2c(c1)CN=C2.Cc1cnc(-n2ncc3ccc(Br)cc32)s1.Cc1cnc(Br)s1. The quantitative estimate of drug-likeness (QED) is 0.181. The molecule has 0 aliphatic carbocycles. The van der Waals surface area contributed by atoms with E-state index in [0.29, 0.717) is 0 Å². The second kappa shape index (κ2) is 11.1. The molecule has 0 fully saturated rings. The van der Waals surface area contributed by atoms with Gasteiger partial charge in [-0.15, -0.1) is 22.7 Å². The molecule has 0 bridgehead atoms. The lowest BCUT2D eigenvalue weighted by atomic mass is 10.1. The predicted octanol–water partition coefficient (Wildman–Crippen LogP) is 8.15. The van der Waals surface area contributed by atoms with Gasteiger partial charge in [0.1, 0.15) is 0 Å². The summed E-state index contributed by atoms with van der Waals surface area (Å²) in [5.41, 5.74) is 3.64. The van der Waals surface area contributed by atoms with Crippen molar-refractivity contribution < 1.29 is 0 Å². The minimum Gasteiger partial charge on any atom is -0.288 e. The van der Waals surface area contributed by atoms with Crippen molar-refractivity contribution in [2.75, 3.05) is 0 Å². The van der Waals surface area contributed by atoms with Crippen LogP contribution in [0.15, 0.2) is 72.8 Å². The molecular weight excluding hydrogens is 650 g/mol. The highest BCUT2D eigenvalue weighted by Gasteiger charge is 2.08. The molecule has 2 aromatic carbocycles. The van der Waals surface area contributed by atoms with Crippen molar-refractivity contribution >= 4 is 87.6 Å². The number of benzene rings is 2. The first-order chi connectivity index (χ1) is 15.9. The summed E-state index contributed by atoms with van der Waals surface area (Å²) in [6.07, 6.45) is 7.49. The maximum Gasteiger partial charge on any atom is 0.211 e. The lowest BCUT2D eigenvalue weighted by Gasteiger charge is -1.98. The third kappa shape index (κ3) is 6.45. The zero-order chi connectivity index (χ0) is 23.4. The molecule has 0 atom stereocenters. The minimum absolute atomic E-state index is 0.842. The van der Waals surface area contributed by atoms with Gasteiger partial charge in [0.15, 0.2) is 3.92 Å². The fourth-order valence-electron chi connectivity index (χ4n) is 2.99. The number of aromatic nitrogens is 4. The van der Waals surface area contributed by atoms with Crippen LogP contribution in [0.1, 0.15) is 20.9 Å². The normalized spacial score (nSPS) is 11.5. The van der Waals surface area contributed by atoms with Gasteiger partial charge in [0.25, 0.3) is 0 Å². The van der Waals surface area contributed by atoms with Crippen molar-refractivity contribution in [2.45, 2.75) is 20.4 Å². The molecule has 10 heteroatoms. The van der Waals surface area contributed by atoms with Crippen LogP contribution in [0.4, 0.5) is 0 Å². The van der Waals surface area contributed by atoms with Gasteiger partial charge >= 0.3 is 0 Å². The Morgan fingerprint density at radius 2 is 1.58 bits per heavy atom. The lowest BCUT2D eigenvalue weighted by molar-refractivity contribution is 0.898. The molecule has 0 unspecified atom stereocenters. The van der Waals surface area contributed by atoms with Gasteiger partial charge in [-0.3, -0.25) is 4.99 Å². The third-order valence-corrected chi connectivity index (χ3v) is 7.78. The lowest BCUT2D eigenvalue weighted by Crippen LogP contribution is -1.94. The largest absolute Gasteiger partial charge is 0.288 e. The molecule has 3 aromatic heterocycles. The molecule has 1 aliphatic heterocycles. The van der Waals surface area contributed by atoms with Crippen molar-refractivity contribution in [3.8, 4) is 5.13 Å². The summed E-state index contributed by atoms with van der Waals surface area (Å²) < 4.78 is 5.02. The Bertz CT molecular complexity index is 1400. The van der Waals surface area contributed by atoms with E-state index in [1.807, 2.05) is 61.5 Å². The van der Waals surface area contributed by atoms with Gasteiger partial charge in [0.05, 0.1) is 18.3 Å². The van der Waals surface area contributed by atoms with E-state index in [9.17, 15) is 0 Å². The van der Waals surface area contributed by atoms with E-state index in [4.69, 9.17) is 0 Å². The molecule has 1 aliphatic rings. The van der Waals surface area contributed by atoms with E-state index in [-0.39, 0.29) is 0 Å². The van der Waals surface area contributed by atoms with Gasteiger partial charge in [-0.05, 0) is 65.2 Å². The highest BCUT2D eigenvalue weighted by Crippen LogP contribution is 2.24. The third-order valence-electron chi connectivity index (χ3n) is 4.51. The van der Waals surface area contributed by atoms with E-state index in [2.05, 4.69) is 86.0 Å². The number of halogens is 3. The van der Waals surface area contributed by atoms with Gasteiger partial charge in [0, 0.05) is 42.7 Å². The molecule has 5 aromatic rings. The summed E-state index contributed by atoms with van der Waals surface area (Å²) in [5.74, 6) is 0. The molecule has 0 saturated heterocycles. The second-order valence-corrected chi connectivity index (χ2v) is 12.6. The Hall–Kier alpha value is -1.72. The van der Waals surface area contributed by atoms with Gasteiger partial charge < -0.3 is 0 Å². The minimum atomic E-state index is 0.842. The Labute approximate surface area is 225 Å². The maximum atomic E-state index is 4.36. The standard InChI is InChI=1S/C11H8BrN3S.C8H6BrN.C4H4BrNS/c1-7-5-13-11(16-7)15-10-4-9(12)3-2-8(10)6-14-15;9-8-2-1-6-4-10-5-7(6)3-8;1-3-2-6-4(5)7-3/h2-6H,1H3;1-4H,5H2;2H,1H3. The average Bonchev–Trinajstić information content (AvgIpc) is 3.56. The molecule has 168 valence electrons. The van der Waals surface area contributed by atoms with Crippen LogP contribution in [0.5, 0.6) is 0 Å². The van der Waals surface area contributed by atoms with Crippen LogP contribution in [-0.4, -0.2) is 26.0 Å². The summed E-state index contributed by atoms with van der Waals surface area (Å²) in [4.78, 5) is 14.9. The Morgan fingerprint density at radius 1 is 0.848 bits per heavy atom. The number of aliphatic imine (C=N–C) groups is 1. The van der Waals surface area contributed by atoms with Crippen molar-refractivity contribution in [3.63, 3.8) is 0 Å². The summed E-state index contributed by atoms with van der Waals surface area (Å²) in [5, 5.41) is 6.39. The van der Waals surface area contributed by atoms with Gasteiger partial charge in [0.2, 0.25) is 5.13 Å². The van der Waals surface area contributed by atoms with Crippen LogP contribution in [0.25, 0.3) is 16.0 Å². The summed E-state index contributed by atoms with van der Waals surface area (Å²) >= 11 is 13.4. The number of hydrogen-bond donors (Lipinski definition) is 0. The number of aryl methyl sites for hydroxylation is 2. The second-order valence-electron chi connectivity index (χ2n) is 7.05. The van der Waals surface area contributed by atoms with Gasteiger partial charge in [-0.25, -0.2) is 14.6 Å². The Kier molecular flexibility index (Phi) is 8.24. The highest BCUT2D eigenvalue weighted by molar-refractivity contribution is 9.11. The number of nitrogens with zero attached hydrogens (tertiary/aromatic N) is 5. The van der Waals surface area contributed by atoms with Gasteiger partial charge in [-0.1, -0.05) is 44.0 Å². The van der Waals surface area contributed by atoms with E-state index in [1.54, 1.807) is 22.7 Å². The maximum absolute atomic E-state index is 4.36. The topological polar surface area (TPSA) is 56.0 Å². The van der Waals surface area contributed by atoms with Gasteiger partial charge in [-0.2, -0.15) is 5.10 Å². The van der Waals surface area contributed by atoms with E-state index >= 15 is 0 Å². The van der Waals surface area contributed by atoms with Crippen LogP contribution < -0.4 is 0 Å². The summed E-state index contributed by atoms with van der Waals surface area (Å²) in [6, 6.07) is 12.3. The Morgan fingerprint density at radius 3 is 2.24 bits per heavy atom. The van der Waals surface area contributed by atoms with Crippen LogP contribution in [0.2, 0.25) is 0 Å². The first-order valence-corrected chi connectivity index (χ1v) is 13.8. The van der Waals surface area contributed by atoms with E-state index in [0.717, 1.165) is 35.4 Å². The van der Waals surface area contributed by atoms with Crippen LogP contribution in [-0.2, 0) is 6.54 Å². The van der Waals surface area contributed by atoms with Crippen LogP contribution in [0, 0.1) is 13.8 Å². The van der Waals surface area contributed by atoms with Crippen LogP contribution in [0.3, 0.4) is 0 Å². The number of thiazole rings is 2. The number of rotatable bonds is 1. The summed E-state index contributed by atoms with van der Waals surface area (Å²) in [7, 11) is 0. The summed E-state index contributed by atoms with van der Waals surface area (Å²) in [6.45, 7) is 4.92. The zero-order valence-electron chi connectivity index (χ0n) is 17.7. The zero-order valence-corrected chi connectivity index (χ0v) is 24.1. The molecule has 0 spiro atoms. The number of hydrogen-bond acceptors (Lipinski definition) is 6. The predicted molar refractivity (Wildman–Crippen MR) is 149 cm³/mol. The molecule has 0 radical (unpaired) electrons. The molecule has 0 saturated carbocycles. The van der Waals surface area contributed by atoms with E-state index in [1.165, 1.54) is 20.9 Å². The fraction of sp³-hybridized carbons (Fsp3) is 0.130. The monoisotopic (exact) mass is 665 g/mol. The van der Waals surface area contributed by atoms with Crippen molar-refractivity contribution in [3.05, 3.63) is 88.7 Å². The number of fused-ring (bicyclic) bond motifs is 2. The van der Waals surface area contributed by atoms with Crippen molar-refractivity contribution in [1.82, 2.24) is 19.7 Å². The highest BCUT2D eigenvalue weighted by atomic mass is 79.9. The molecule has 0 amide bonds. The molecule has 0 N–H and O–H groups in total. The van der Waals surface area contributed by atoms with E-state index < -0.39 is 0 Å². The first kappa shape index (κ1) is 24.4. The molecule has 5 nitrogen and oxygen atoms in total. The molecule has 33 heavy (non-hydrogen) atoms. The fourth-order valence-corrected chi connectivity index (χ4v) is 5.82. The molecule has 4 heterocycles. The Balaban J connectivity index is 0.000000130. The molecule has 6 rings (SSSR count). The van der Waals surface area contributed by atoms with Crippen molar-refractivity contribution in [1.29, 1.82) is 0 Å². The van der Waals surface area contributed by atoms with Crippen molar-refractivity contribution in [2.24, 2.45) is 4.99 Å². The smallest absolute Gasteiger partial charge is 0.211 e.